The molecule has 0 aliphatic carbocycles. The molecule has 0 bridgehead atoms. The van der Waals surface area contributed by atoms with Crippen molar-refractivity contribution in [1.29, 1.82) is 0 Å². The first-order valence-electron chi connectivity index (χ1n) is 6.26. The highest BCUT2D eigenvalue weighted by Gasteiger charge is 2.14. The van der Waals surface area contributed by atoms with E-state index in [0.29, 0.717) is 17.9 Å². The summed E-state index contributed by atoms with van der Waals surface area (Å²) in [5.74, 6) is -0.470. The molecule has 0 aromatic heterocycles. The molecule has 21 heavy (non-hydrogen) atoms. The van der Waals surface area contributed by atoms with Crippen molar-refractivity contribution < 1.29 is 18.3 Å². The van der Waals surface area contributed by atoms with Gasteiger partial charge in [0, 0.05) is 12.3 Å². The van der Waals surface area contributed by atoms with Gasteiger partial charge in [-0.2, -0.15) is 12.6 Å². The van der Waals surface area contributed by atoms with Crippen molar-refractivity contribution in [2.45, 2.75) is 33.3 Å². The van der Waals surface area contributed by atoms with E-state index in [4.69, 9.17) is 4.74 Å². The third-order valence-corrected chi connectivity index (χ3v) is 2.96. The van der Waals surface area contributed by atoms with Crippen LogP contribution in [0.2, 0.25) is 0 Å². The molecule has 0 saturated heterocycles. The highest BCUT2D eigenvalue weighted by atomic mass is 79.9. The summed E-state index contributed by atoms with van der Waals surface area (Å²) in [6, 6.07) is 2.62. The van der Waals surface area contributed by atoms with Crippen molar-refractivity contribution in [1.82, 2.24) is 5.32 Å². The number of carbonyl (C=O) groups excluding carboxylic acids is 1. The van der Waals surface area contributed by atoms with Gasteiger partial charge in [-0.05, 0) is 55.3 Å². The molecule has 0 fully saturated rings. The molecule has 1 aromatic rings. The molecule has 120 valence electrons. The quantitative estimate of drug-likeness (QED) is 0.583. The number of ether oxygens (including phenoxy) is 1. The monoisotopic (exact) mass is 383 g/mol. The van der Waals surface area contributed by atoms with Gasteiger partial charge in [-0.1, -0.05) is 6.07 Å². The summed E-state index contributed by atoms with van der Waals surface area (Å²) in [4.78, 5) is 10.9. The third kappa shape index (κ3) is 8.93. The van der Waals surface area contributed by atoms with Gasteiger partial charge in [0.1, 0.15) is 17.2 Å². The Kier molecular flexibility index (Phi) is 8.89. The van der Waals surface area contributed by atoms with Crippen LogP contribution in [0, 0.1) is 18.6 Å². The topological polar surface area (TPSA) is 38.3 Å². The minimum absolute atomic E-state index is 0.0903. The maximum Gasteiger partial charge on any atom is 0.407 e. The minimum Gasteiger partial charge on any atom is -0.444 e. The Balaban J connectivity index is 0.000000382. The first-order chi connectivity index (χ1) is 9.58. The molecule has 0 atom stereocenters. The van der Waals surface area contributed by atoms with E-state index in [1.54, 1.807) is 6.92 Å². The van der Waals surface area contributed by atoms with Crippen molar-refractivity contribution in [3.8, 4) is 0 Å². The summed E-state index contributed by atoms with van der Waals surface area (Å²) in [5.41, 5.74) is 0.0222. The zero-order valence-corrected chi connectivity index (χ0v) is 14.9. The molecule has 3 nitrogen and oxygen atoms in total. The number of halogens is 3. The molecule has 0 heterocycles. The average Bonchev–Trinajstić information content (AvgIpc) is 2.37. The molecule has 0 aliphatic heterocycles. The van der Waals surface area contributed by atoms with Gasteiger partial charge in [0.05, 0.1) is 4.47 Å². The standard InChI is InChI=1S/C7H5BrF2.C7H15NO2S/c1-4-2-3-5(9)6(8)7(4)10;1-7(2,3)10-6(9)8-4-5-11/h2-3H,1H3;11H,4-5H2,1-3H3,(H,8,9). The van der Waals surface area contributed by atoms with Crippen LogP contribution in [0.1, 0.15) is 26.3 Å². The maximum absolute atomic E-state index is 12.7. The van der Waals surface area contributed by atoms with Gasteiger partial charge >= 0.3 is 6.09 Å². The lowest BCUT2D eigenvalue weighted by atomic mass is 10.2. The van der Waals surface area contributed by atoms with E-state index in [9.17, 15) is 13.6 Å². The van der Waals surface area contributed by atoms with Gasteiger partial charge in [0.2, 0.25) is 0 Å². The second-order valence-corrected chi connectivity index (χ2v) is 6.38. The lowest BCUT2D eigenvalue weighted by Crippen LogP contribution is -2.33. The van der Waals surface area contributed by atoms with E-state index < -0.39 is 17.2 Å². The van der Waals surface area contributed by atoms with E-state index in [-0.39, 0.29) is 10.6 Å². The average molecular weight is 384 g/mol. The number of aryl methyl sites for hydroxylation is 1. The van der Waals surface area contributed by atoms with Crippen LogP contribution in [0.25, 0.3) is 0 Å². The van der Waals surface area contributed by atoms with Crippen LogP contribution >= 0.6 is 28.6 Å². The largest absolute Gasteiger partial charge is 0.444 e. The number of nitrogens with one attached hydrogen (secondary N) is 1. The molecule has 1 amide bonds. The molecule has 0 unspecified atom stereocenters. The molecular formula is C14H20BrF2NO2S. The summed E-state index contributed by atoms with van der Waals surface area (Å²) in [6.07, 6.45) is -0.383. The molecule has 7 heteroatoms. The fourth-order valence-corrected chi connectivity index (χ4v) is 1.65. The van der Waals surface area contributed by atoms with Gasteiger partial charge in [-0.15, -0.1) is 0 Å². The number of carbonyl (C=O) groups is 1. The summed E-state index contributed by atoms with van der Waals surface area (Å²) in [7, 11) is 0. The van der Waals surface area contributed by atoms with Crippen LogP contribution in [0.3, 0.4) is 0 Å². The van der Waals surface area contributed by atoms with E-state index in [1.807, 2.05) is 20.8 Å². The van der Waals surface area contributed by atoms with Crippen molar-refractivity contribution in [2.24, 2.45) is 0 Å². The number of benzene rings is 1. The van der Waals surface area contributed by atoms with Crippen LogP contribution in [0.15, 0.2) is 16.6 Å². The second-order valence-electron chi connectivity index (χ2n) is 5.14. The second kappa shape index (κ2) is 9.25. The number of rotatable bonds is 2. The van der Waals surface area contributed by atoms with Crippen LogP contribution in [0.5, 0.6) is 0 Å². The normalized spacial score (nSPS) is 10.5. The summed E-state index contributed by atoms with van der Waals surface area (Å²) < 4.78 is 30.0. The number of hydrogen-bond donors (Lipinski definition) is 2. The summed E-state index contributed by atoms with van der Waals surface area (Å²) >= 11 is 6.72. The summed E-state index contributed by atoms with van der Waals surface area (Å²) in [6.45, 7) is 7.60. The molecule has 0 radical (unpaired) electrons. The number of amides is 1. The predicted molar refractivity (Wildman–Crippen MR) is 86.9 cm³/mol. The Morgan fingerprint density at radius 2 is 1.95 bits per heavy atom. The zero-order valence-electron chi connectivity index (χ0n) is 12.5. The van der Waals surface area contributed by atoms with Crippen LogP contribution in [-0.4, -0.2) is 24.0 Å². The number of hydrogen-bond acceptors (Lipinski definition) is 3. The molecule has 0 spiro atoms. The Morgan fingerprint density at radius 1 is 1.38 bits per heavy atom. The first-order valence-corrected chi connectivity index (χ1v) is 7.69. The van der Waals surface area contributed by atoms with Gasteiger partial charge in [-0.25, -0.2) is 13.6 Å². The first kappa shape index (κ1) is 20.2. The fourth-order valence-electron chi connectivity index (χ4n) is 1.09. The zero-order chi connectivity index (χ0) is 16.6. The van der Waals surface area contributed by atoms with Crippen molar-refractivity contribution in [3.63, 3.8) is 0 Å². The van der Waals surface area contributed by atoms with Crippen LogP contribution in [-0.2, 0) is 4.74 Å². The van der Waals surface area contributed by atoms with Crippen LogP contribution < -0.4 is 5.32 Å². The van der Waals surface area contributed by atoms with Gasteiger partial charge in [0.25, 0.3) is 0 Å². The van der Waals surface area contributed by atoms with Crippen molar-refractivity contribution in [3.05, 3.63) is 33.8 Å². The Bertz CT molecular complexity index is 452. The lowest BCUT2D eigenvalue weighted by Gasteiger charge is -2.19. The van der Waals surface area contributed by atoms with Crippen molar-refractivity contribution in [2.75, 3.05) is 12.3 Å². The third-order valence-electron chi connectivity index (χ3n) is 2.01. The highest BCUT2D eigenvalue weighted by molar-refractivity contribution is 9.10. The fraction of sp³-hybridized carbons (Fsp3) is 0.500. The van der Waals surface area contributed by atoms with E-state index in [2.05, 4.69) is 33.9 Å². The van der Waals surface area contributed by atoms with E-state index in [0.717, 1.165) is 0 Å². The number of thiol groups is 1. The Morgan fingerprint density at radius 3 is 2.38 bits per heavy atom. The Labute approximate surface area is 138 Å². The molecule has 1 N–H and O–H groups in total. The highest BCUT2D eigenvalue weighted by Crippen LogP contribution is 2.21. The van der Waals surface area contributed by atoms with Gasteiger partial charge in [0.15, 0.2) is 0 Å². The minimum atomic E-state index is -0.567. The SMILES string of the molecule is CC(C)(C)OC(=O)NCCS.Cc1ccc(F)c(Br)c1F. The molecule has 0 saturated carbocycles. The lowest BCUT2D eigenvalue weighted by molar-refractivity contribution is 0.0531. The maximum atomic E-state index is 12.7. The predicted octanol–water partition coefficient (Wildman–Crippen LogP) is 4.48. The Hall–Kier alpha value is -0.820. The molecule has 0 aliphatic rings. The van der Waals surface area contributed by atoms with E-state index in [1.165, 1.54) is 12.1 Å². The molecule has 1 aromatic carbocycles. The van der Waals surface area contributed by atoms with E-state index >= 15 is 0 Å². The molecular weight excluding hydrogens is 364 g/mol. The van der Waals surface area contributed by atoms with Crippen molar-refractivity contribution >= 4 is 34.7 Å². The molecule has 1 rings (SSSR count). The number of alkyl carbamates (subject to hydrolysis) is 1. The smallest absolute Gasteiger partial charge is 0.407 e. The van der Waals surface area contributed by atoms with Gasteiger partial charge in [-0.3, -0.25) is 0 Å². The van der Waals surface area contributed by atoms with Crippen LogP contribution in [0.4, 0.5) is 13.6 Å². The van der Waals surface area contributed by atoms with Gasteiger partial charge < -0.3 is 10.1 Å². The summed E-state index contributed by atoms with van der Waals surface area (Å²) in [5, 5.41) is 2.55.